The van der Waals surface area contributed by atoms with Crippen molar-refractivity contribution in [3.8, 4) is 0 Å². The number of aliphatic carboxylic acids is 1. The van der Waals surface area contributed by atoms with Crippen molar-refractivity contribution in [2.75, 3.05) is 13.2 Å². The van der Waals surface area contributed by atoms with E-state index < -0.39 is 18.0 Å². The van der Waals surface area contributed by atoms with Crippen LogP contribution in [0.15, 0.2) is 30.3 Å². The van der Waals surface area contributed by atoms with Crippen LogP contribution in [0.4, 0.5) is 0 Å². The van der Waals surface area contributed by atoms with E-state index >= 15 is 0 Å². The number of benzene rings is 1. The van der Waals surface area contributed by atoms with Crippen LogP contribution < -0.4 is 5.32 Å². The van der Waals surface area contributed by atoms with Crippen molar-refractivity contribution >= 4 is 11.9 Å². The lowest BCUT2D eigenvalue weighted by molar-refractivity contribution is -0.146. The van der Waals surface area contributed by atoms with Crippen LogP contribution in [-0.2, 0) is 20.7 Å². The van der Waals surface area contributed by atoms with Crippen LogP contribution in [0.2, 0.25) is 0 Å². The molecule has 0 bridgehead atoms. The van der Waals surface area contributed by atoms with Crippen LogP contribution in [0, 0.1) is 5.92 Å². The molecular weight excluding hydrogens is 246 g/mol. The number of carbonyl (C=O) groups excluding carboxylic acids is 1. The molecule has 0 aromatic heterocycles. The molecule has 5 nitrogen and oxygen atoms in total. The molecule has 1 saturated heterocycles. The summed E-state index contributed by atoms with van der Waals surface area (Å²) in [5.74, 6) is -1.73. The second kappa shape index (κ2) is 6.33. The Morgan fingerprint density at radius 1 is 1.42 bits per heavy atom. The molecule has 0 saturated carbocycles. The zero-order valence-electron chi connectivity index (χ0n) is 10.5. The van der Waals surface area contributed by atoms with Crippen LogP contribution >= 0.6 is 0 Å². The smallest absolute Gasteiger partial charge is 0.306 e. The van der Waals surface area contributed by atoms with Gasteiger partial charge in [0.1, 0.15) is 6.10 Å². The molecular formula is C14H17NO4. The van der Waals surface area contributed by atoms with E-state index in [0.29, 0.717) is 19.6 Å². The van der Waals surface area contributed by atoms with Gasteiger partial charge in [-0.2, -0.15) is 0 Å². The van der Waals surface area contributed by atoms with E-state index in [4.69, 9.17) is 4.74 Å². The topological polar surface area (TPSA) is 75.6 Å². The SMILES string of the molecule is O=C(O)C(Cc1ccccc1)CC1OCCNC1=O. The Hall–Kier alpha value is -1.88. The molecule has 1 amide bonds. The van der Waals surface area contributed by atoms with Gasteiger partial charge in [0.05, 0.1) is 12.5 Å². The van der Waals surface area contributed by atoms with Crippen molar-refractivity contribution in [3.63, 3.8) is 0 Å². The van der Waals surface area contributed by atoms with E-state index in [0.717, 1.165) is 5.56 Å². The number of hydrogen-bond donors (Lipinski definition) is 2. The lowest BCUT2D eigenvalue weighted by atomic mass is 9.93. The molecule has 0 spiro atoms. The third kappa shape index (κ3) is 3.79. The maximum absolute atomic E-state index is 11.6. The second-order valence-corrected chi connectivity index (χ2v) is 4.61. The summed E-state index contributed by atoms with van der Waals surface area (Å²) >= 11 is 0. The van der Waals surface area contributed by atoms with Crippen LogP contribution in [-0.4, -0.2) is 36.2 Å². The standard InChI is InChI=1S/C14H17NO4/c16-13-12(19-7-6-15-13)9-11(14(17)18)8-10-4-2-1-3-5-10/h1-5,11-12H,6-9H2,(H,15,16)(H,17,18). The maximum Gasteiger partial charge on any atom is 0.306 e. The Bertz CT molecular complexity index is 446. The predicted molar refractivity (Wildman–Crippen MR) is 68.6 cm³/mol. The van der Waals surface area contributed by atoms with E-state index in [-0.39, 0.29) is 12.3 Å². The number of morpholine rings is 1. The number of nitrogens with one attached hydrogen (secondary N) is 1. The van der Waals surface area contributed by atoms with Crippen molar-refractivity contribution in [2.45, 2.75) is 18.9 Å². The van der Waals surface area contributed by atoms with Crippen LogP contribution in [0.3, 0.4) is 0 Å². The van der Waals surface area contributed by atoms with Gasteiger partial charge in [-0.15, -0.1) is 0 Å². The maximum atomic E-state index is 11.6. The Morgan fingerprint density at radius 3 is 2.79 bits per heavy atom. The summed E-state index contributed by atoms with van der Waals surface area (Å²) in [4.78, 5) is 22.9. The minimum atomic E-state index is -0.897. The first kappa shape index (κ1) is 13.5. The largest absolute Gasteiger partial charge is 0.481 e. The highest BCUT2D eigenvalue weighted by molar-refractivity contribution is 5.82. The zero-order valence-corrected chi connectivity index (χ0v) is 10.5. The highest BCUT2D eigenvalue weighted by atomic mass is 16.5. The Kier molecular flexibility index (Phi) is 4.52. The van der Waals surface area contributed by atoms with Crippen molar-refractivity contribution in [3.05, 3.63) is 35.9 Å². The van der Waals surface area contributed by atoms with E-state index in [2.05, 4.69) is 5.32 Å². The van der Waals surface area contributed by atoms with Gasteiger partial charge in [-0.25, -0.2) is 0 Å². The van der Waals surface area contributed by atoms with Gasteiger partial charge in [0, 0.05) is 6.54 Å². The molecule has 5 heteroatoms. The first-order valence-electron chi connectivity index (χ1n) is 6.33. The fraction of sp³-hybridized carbons (Fsp3) is 0.429. The summed E-state index contributed by atoms with van der Waals surface area (Å²) in [5, 5.41) is 11.9. The summed E-state index contributed by atoms with van der Waals surface area (Å²) < 4.78 is 5.33. The third-order valence-electron chi connectivity index (χ3n) is 3.19. The summed E-state index contributed by atoms with van der Waals surface area (Å²) in [7, 11) is 0. The number of hydrogen-bond acceptors (Lipinski definition) is 3. The summed E-state index contributed by atoms with van der Waals surface area (Å²) in [6.45, 7) is 0.930. The number of carbonyl (C=O) groups is 2. The monoisotopic (exact) mass is 263 g/mol. The minimum absolute atomic E-state index is 0.204. The normalized spacial score (nSPS) is 20.6. The van der Waals surface area contributed by atoms with Crippen molar-refractivity contribution in [2.24, 2.45) is 5.92 Å². The first-order chi connectivity index (χ1) is 9.16. The van der Waals surface area contributed by atoms with Crippen LogP contribution in [0.25, 0.3) is 0 Å². The zero-order chi connectivity index (χ0) is 13.7. The molecule has 1 aliphatic heterocycles. The molecule has 0 aliphatic carbocycles. The lowest BCUT2D eigenvalue weighted by Gasteiger charge is -2.25. The average molecular weight is 263 g/mol. The van der Waals surface area contributed by atoms with Crippen LogP contribution in [0.1, 0.15) is 12.0 Å². The van der Waals surface area contributed by atoms with Gasteiger partial charge in [-0.3, -0.25) is 9.59 Å². The molecule has 2 rings (SSSR count). The number of ether oxygens (including phenoxy) is 1. The predicted octanol–water partition coefficient (Wildman–Crippen LogP) is 0.835. The molecule has 1 fully saturated rings. The Labute approximate surface area is 111 Å². The molecule has 0 radical (unpaired) electrons. The molecule has 2 N–H and O–H groups in total. The lowest BCUT2D eigenvalue weighted by Crippen LogP contribution is -2.45. The number of amides is 1. The Morgan fingerprint density at radius 2 is 2.16 bits per heavy atom. The summed E-state index contributed by atoms with van der Waals surface area (Å²) in [6, 6.07) is 9.41. The van der Waals surface area contributed by atoms with E-state index in [1.165, 1.54) is 0 Å². The number of rotatable bonds is 5. The minimum Gasteiger partial charge on any atom is -0.481 e. The molecule has 1 heterocycles. The van der Waals surface area contributed by atoms with E-state index in [1.807, 2.05) is 30.3 Å². The van der Waals surface area contributed by atoms with E-state index in [1.54, 1.807) is 0 Å². The molecule has 1 aliphatic rings. The van der Waals surface area contributed by atoms with Crippen molar-refractivity contribution in [1.82, 2.24) is 5.32 Å². The molecule has 2 atom stereocenters. The highest BCUT2D eigenvalue weighted by Gasteiger charge is 2.29. The summed E-state index contributed by atoms with van der Waals surface area (Å²) in [6.07, 6.45) is -0.0436. The van der Waals surface area contributed by atoms with Gasteiger partial charge < -0.3 is 15.2 Å². The van der Waals surface area contributed by atoms with Crippen molar-refractivity contribution < 1.29 is 19.4 Å². The van der Waals surface area contributed by atoms with Gasteiger partial charge in [0.15, 0.2) is 0 Å². The second-order valence-electron chi connectivity index (χ2n) is 4.61. The van der Waals surface area contributed by atoms with Gasteiger partial charge >= 0.3 is 5.97 Å². The first-order valence-corrected chi connectivity index (χ1v) is 6.33. The quantitative estimate of drug-likeness (QED) is 0.825. The van der Waals surface area contributed by atoms with E-state index in [9.17, 15) is 14.7 Å². The molecule has 1 aromatic carbocycles. The highest BCUT2D eigenvalue weighted by Crippen LogP contribution is 2.17. The van der Waals surface area contributed by atoms with Crippen LogP contribution in [0.5, 0.6) is 0 Å². The molecule has 102 valence electrons. The molecule has 1 aromatic rings. The molecule has 19 heavy (non-hydrogen) atoms. The average Bonchev–Trinajstić information content (AvgIpc) is 2.41. The number of carboxylic acids is 1. The molecule has 2 unspecified atom stereocenters. The Balaban J connectivity index is 2.00. The van der Waals surface area contributed by atoms with Gasteiger partial charge in [-0.1, -0.05) is 30.3 Å². The van der Waals surface area contributed by atoms with Gasteiger partial charge in [-0.05, 0) is 18.4 Å². The fourth-order valence-corrected chi connectivity index (χ4v) is 2.17. The summed E-state index contributed by atoms with van der Waals surface area (Å²) in [5.41, 5.74) is 0.950. The third-order valence-corrected chi connectivity index (χ3v) is 3.19. The van der Waals surface area contributed by atoms with Gasteiger partial charge in [0.25, 0.3) is 0 Å². The van der Waals surface area contributed by atoms with Crippen molar-refractivity contribution in [1.29, 1.82) is 0 Å². The number of carboxylic acid groups (broad SMARTS) is 1. The fourth-order valence-electron chi connectivity index (χ4n) is 2.17. The van der Waals surface area contributed by atoms with Gasteiger partial charge in [0.2, 0.25) is 5.91 Å².